The van der Waals surface area contributed by atoms with Gasteiger partial charge in [-0.3, -0.25) is 9.59 Å². The molecule has 0 atom stereocenters. The van der Waals surface area contributed by atoms with Crippen molar-refractivity contribution in [3.63, 3.8) is 0 Å². The van der Waals surface area contributed by atoms with Crippen LogP contribution in [0, 0.1) is 5.92 Å². The Kier molecular flexibility index (Phi) is 8.66. The summed E-state index contributed by atoms with van der Waals surface area (Å²) in [6.07, 6.45) is 3.47. The van der Waals surface area contributed by atoms with Crippen molar-refractivity contribution in [1.82, 2.24) is 16.0 Å². The van der Waals surface area contributed by atoms with Crippen LogP contribution in [-0.2, 0) is 11.3 Å². The van der Waals surface area contributed by atoms with Crippen molar-refractivity contribution >= 4 is 24.2 Å². The maximum Gasteiger partial charge on any atom is 0.251 e. The topological polar surface area (TPSA) is 70.2 Å². The first-order valence-corrected chi connectivity index (χ1v) is 8.03. The number of amides is 2. The summed E-state index contributed by atoms with van der Waals surface area (Å²) in [5, 5.41) is 8.88. The van der Waals surface area contributed by atoms with Gasteiger partial charge in [-0.15, -0.1) is 12.4 Å². The highest BCUT2D eigenvalue weighted by Crippen LogP contribution is 2.27. The van der Waals surface area contributed by atoms with Crippen molar-refractivity contribution in [3.05, 3.63) is 35.4 Å². The Bertz CT molecular complexity index is 518. The Labute approximate surface area is 144 Å². The van der Waals surface area contributed by atoms with Gasteiger partial charge in [-0.05, 0) is 49.4 Å². The van der Waals surface area contributed by atoms with Gasteiger partial charge in [-0.2, -0.15) is 0 Å². The third-order valence-electron chi connectivity index (χ3n) is 3.63. The summed E-state index contributed by atoms with van der Waals surface area (Å²) >= 11 is 0. The Morgan fingerprint density at radius 2 is 2.00 bits per heavy atom. The first-order valence-electron chi connectivity index (χ1n) is 8.03. The molecule has 1 saturated carbocycles. The lowest BCUT2D eigenvalue weighted by molar-refractivity contribution is -0.120. The van der Waals surface area contributed by atoms with Crippen molar-refractivity contribution in [3.8, 4) is 0 Å². The number of carbonyl (C=O) groups excluding carboxylic acids is 2. The number of halogens is 1. The molecule has 0 saturated heterocycles. The van der Waals surface area contributed by atoms with Crippen LogP contribution >= 0.6 is 12.4 Å². The van der Waals surface area contributed by atoms with Gasteiger partial charge in [0.1, 0.15) is 0 Å². The van der Waals surface area contributed by atoms with Gasteiger partial charge in [0.25, 0.3) is 5.91 Å². The first kappa shape index (κ1) is 19.5. The third-order valence-corrected chi connectivity index (χ3v) is 3.63. The predicted octanol–water partition coefficient (Wildman–Crippen LogP) is 1.86. The number of hydrogen-bond donors (Lipinski definition) is 3. The van der Waals surface area contributed by atoms with Crippen LogP contribution in [0.4, 0.5) is 0 Å². The van der Waals surface area contributed by atoms with E-state index in [9.17, 15) is 9.59 Å². The number of hydrogen-bond acceptors (Lipinski definition) is 3. The molecule has 0 radical (unpaired) electrons. The molecule has 2 amide bonds. The van der Waals surface area contributed by atoms with Gasteiger partial charge in [-0.1, -0.05) is 19.1 Å². The minimum Gasteiger partial charge on any atom is -0.352 e. The van der Waals surface area contributed by atoms with E-state index in [0.29, 0.717) is 25.2 Å². The number of benzene rings is 1. The zero-order valence-electron chi connectivity index (χ0n) is 13.6. The third kappa shape index (κ3) is 7.48. The normalized spacial score (nSPS) is 13.1. The van der Waals surface area contributed by atoms with E-state index in [0.717, 1.165) is 24.4 Å². The molecule has 5 nitrogen and oxygen atoms in total. The summed E-state index contributed by atoms with van der Waals surface area (Å²) in [5.41, 5.74) is 1.56. The zero-order chi connectivity index (χ0) is 15.8. The molecule has 1 fully saturated rings. The van der Waals surface area contributed by atoms with Crippen molar-refractivity contribution in [2.45, 2.75) is 32.7 Å². The zero-order valence-corrected chi connectivity index (χ0v) is 14.4. The second-order valence-electron chi connectivity index (χ2n) is 5.81. The Hall–Kier alpha value is -1.59. The summed E-state index contributed by atoms with van der Waals surface area (Å²) < 4.78 is 0. The highest BCUT2D eigenvalue weighted by Gasteiger charge is 2.20. The average molecular weight is 340 g/mol. The summed E-state index contributed by atoms with van der Waals surface area (Å²) in [5.74, 6) is 0.689. The molecule has 128 valence electrons. The molecule has 1 aliphatic carbocycles. The monoisotopic (exact) mass is 339 g/mol. The van der Waals surface area contributed by atoms with Crippen molar-refractivity contribution in [2.24, 2.45) is 5.92 Å². The molecule has 0 aromatic heterocycles. The van der Waals surface area contributed by atoms with E-state index in [4.69, 9.17) is 0 Å². The highest BCUT2D eigenvalue weighted by atomic mass is 35.5. The van der Waals surface area contributed by atoms with Gasteiger partial charge in [-0.25, -0.2) is 0 Å². The standard InChI is InChI=1S/C17H25N3O2.ClH/c1-2-8-19-17(22)15-5-3-4-14(9-15)11-20-16(21)12-18-10-13-6-7-13;/h3-5,9,13,18H,2,6-8,10-12H2,1H3,(H,19,22)(H,20,21);1H. The Balaban J connectivity index is 0.00000264. The van der Waals surface area contributed by atoms with Crippen LogP contribution in [0.1, 0.15) is 42.1 Å². The largest absolute Gasteiger partial charge is 0.352 e. The SMILES string of the molecule is CCCNC(=O)c1cccc(CNC(=O)CNCC2CC2)c1.Cl. The van der Waals surface area contributed by atoms with E-state index >= 15 is 0 Å². The van der Waals surface area contributed by atoms with Gasteiger partial charge in [0.15, 0.2) is 0 Å². The van der Waals surface area contributed by atoms with Crippen molar-refractivity contribution in [2.75, 3.05) is 19.6 Å². The predicted molar refractivity (Wildman–Crippen MR) is 93.8 cm³/mol. The molecule has 0 heterocycles. The van der Waals surface area contributed by atoms with Gasteiger partial charge < -0.3 is 16.0 Å². The average Bonchev–Trinajstić information content (AvgIpc) is 3.35. The second kappa shape index (κ2) is 10.2. The van der Waals surface area contributed by atoms with Gasteiger partial charge in [0, 0.05) is 18.7 Å². The van der Waals surface area contributed by atoms with E-state index < -0.39 is 0 Å². The number of carbonyl (C=O) groups is 2. The lowest BCUT2D eigenvalue weighted by Gasteiger charge is -2.08. The molecule has 1 aromatic rings. The van der Waals surface area contributed by atoms with E-state index in [2.05, 4.69) is 16.0 Å². The molecule has 1 aromatic carbocycles. The van der Waals surface area contributed by atoms with Crippen LogP contribution in [0.3, 0.4) is 0 Å². The maximum atomic E-state index is 11.9. The Morgan fingerprint density at radius 3 is 2.70 bits per heavy atom. The maximum absolute atomic E-state index is 11.9. The summed E-state index contributed by atoms with van der Waals surface area (Å²) in [6.45, 7) is 4.42. The van der Waals surface area contributed by atoms with Crippen LogP contribution < -0.4 is 16.0 Å². The molecule has 23 heavy (non-hydrogen) atoms. The first-order chi connectivity index (χ1) is 10.7. The molecule has 2 rings (SSSR count). The van der Waals surface area contributed by atoms with Crippen LogP contribution in [0.25, 0.3) is 0 Å². The lowest BCUT2D eigenvalue weighted by atomic mass is 10.1. The minimum atomic E-state index is -0.0684. The van der Waals surface area contributed by atoms with Crippen molar-refractivity contribution < 1.29 is 9.59 Å². The van der Waals surface area contributed by atoms with E-state index in [1.165, 1.54) is 12.8 Å². The molecular formula is C17H26ClN3O2. The molecule has 1 aliphatic rings. The highest BCUT2D eigenvalue weighted by molar-refractivity contribution is 5.94. The molecule has 0 spiro atoms. The van der Waals surface area contributed by atoms with Gasteiger partial charge in [0.2, 0.25) is 5.91 Å². The molecule has 0 bridgehead atoms. The van der Waals surface area contributed by atoms with Crippen LogP contribution in [-0.4, -0.2) is 31.4 Å². The van der Waals surface area contributed by atoms with E-state index in [-0.39, 0.29) is 24.2 Å². The second-order valence-corrected chi connectivity index (χ2v) is 5.81. The minimum absolute atomic E-state index is 0. The van der Waals surface area contributed by atoms with Crippen LogP contribution in [0.15, 0.2) is 24.3 Å². The smallest absolute Gasteiger partial charge is 0.251 e. The quantitative estimate of drug-likeness (QED) is 0.643. The van der Waals surface area contributed by atoms with Crippen LogP contribution in [0.5, 0.6) is 0 Å². The fraction of sp³-hybridized carbons (Fsp3) is 0.529. The van der Waals surface area contributed by atoms with Crippen molar-refractivity contribution in [1.29, 1.82) is 0 Å². The van der Waals surface area contributed by atoms with Crippen LogP contribution in [0.2, 0.25) is 0 Å². The van der Waals surface area contributed by atoms with Gasteiger partial charge >= 0.3 is 0 Å². The molecule has 0 unspecified atom stereocenters. The molecule has 3 N–H and O–H groups in total. The molecule has 0 aliphatic heterocycles. The van der Waals surface area contributed by atoms with E-state index in [1.807, 2.05) is 25.1 Å². The lowest BCUT2D eigenvalue weighted by Crippen LogP contribution is -2.34. The molecule has 6 heteroatoms. The fourth-order valence-electron chi connectivity index (χ4n) is 2.14. The number of rotatable bonds is 9. The van der Waals surface area contributed by atoms with Gasteiger partial charge in [0.05, 0.1) is 6.54 Å². The van der Waals surface area contributed by atoms with E-state index in [1.54, 1.807) is 6.07 Å². The fourth-order valence-corrected chi connectivity index (χ4v) is 2.14. The number of nitrogens with one attached hydrogen (secondary N) is 3. The molecular weight excluding hydrogens is 314 g/mol. The summed E-state index contributed by atoms with van der Waals surface area (Å²) in [4.78, 5) is 23.6. The Morgan fingerprint density at radius 1 is 1.22 bits per heavy atom. The summed E-state index contributed by atoms with van der Waals surface area (Å²) in [6, 6.07) is 7.36. The summed E-state index contributed by atoms with van der Waals surface area (Å²) in [7, 11) is 0.